The normalized spacial score (nSPS) is 11.0. The molecule has 2 aromatic carbocycles. The Kier molecular flexibility index (Phi) is 3.89. The minimum Gasteiger partial charge on any atom is -0.454 e. The fourth-order valence-corrected chi connectivity index (χ4v) is 3.16. The van der Waals surface area contributed by atoms with Gasteiger partial charge in [0.25, 0.3) is 0 Å². The Labute approximate surface area is 139 Å². The van der Waals surface area contributed by atoms with Crippen molar-refractivity contribution in [2.24, 2.45) is 0 Å². The molecule has 0 saturated carbocycles. The van der Waals surface area contributed by atoms with Gasteiger partial charge in [0.05, 0.1) is 26.0 Å². The third-order valence-electron chi connectivity index (χ3n) is 2.96. The Bertz CT molecular complexity index is 895. The van der Waals surface area contributed by atoms with Crippen molar-refractivity contribution in [1.29, 1.82) is 0 Å². The van der Waals surface area contributed by atoms with E-state index in [1.54, 1.807) is 18.2 Å². The molecule has 0 bridgehead atoms. The lowest BCUT2D eigenvalue weighted by molar-refractivity contribution is 0.619. The molecule has 3 aromatic rings. The van der Waals surface area contributed by atoms with Gasteiger partial charge in [0.2, 0.25) is 0 Å². The lowest BCUT2D eigenvalue weighted by atomic mass is 10.1. The highest BCUT2D eigenvalue weighted by Gasteiger charge is 2.15. The van der Waals surface area contributed by atoms with Gasteiger partial charge in [-0.15, -0.1) is 0 Å². The van der Waals surface area contributed by atoms with Crippen LogP contribution in [0, 0.1) is 0 Å². The molecule has 1 heterocycles. The topological polar surface area (TPSA) is 30.2 Å². The fraction of sp³-hybridized carbons (Fsp3) is 0. The lowest BCUT2D eigenvalue weighted by Gasteiger charge is -2.08. The third-order valence-corrected chi connectivity index (χ3v) is 4.09. The first kappa shape index (κ1) is 14.7. The molecule has 0 aliphatic rings. The second-order valence-corrected chi connectivity index (χ2v) is 5.99. The number of rotatable bonds is 1. The summed E-state index contributed by atoms with van der Waals surface area (Å²) in [6.07, 6.45) is 0. The maximum Gasteiger partial charge on any atom is 0.193 e. The molecule has 0 aliphatic heterocycles. The van der Waals surface area contributed by atoms with E-state index in [1.165, 1.54) is 18.2 Å². The van der Waals surface area contributed by atoms with E-state index in [9.17, 15) is 4.79 Å². The van der Waals surface area contributed by atoms with Gasteiger partial charge in [-0.05, 0) is 24.3 Å². The zero-order chi connectivity index (χ0) is 15.1. The van der Waals surface area contributed by atoms with E-state index in [0.29, 0.717) is 26.0 Å². The number of hydrogen-bond acceptors (Lipinski definition) is 2. The van der Waals surface area contributed by atoms with E-state index in [0.717, 1.165) is 0 Å². The molecule has 6 heteroatoms. The van der Waals surface area contributed by atoms with Crippen LogP contribution in [0.3, 0.4) is 0 Å². The standard InChI is InChI=1S/C15H6Cl4O2/c16-7-4-8-12(20)6-13(21-15(8)11(19)5-7)14-9(17)2-1-3-10(14)18/h1-6H. The number of hydrogen-bond donors (Lipinski definition) is 0. The zero-order valence-electron chi connectivity index (χ0n) is 10.3. The Balaban J connectivity index is 2.39. The van der Waals surface area contributed by atoms with Gasteiger partial charge in [0.1, 0.15) is 5.76 Å². The molecule has 0 saturated heterocycles. The van der Waals surface area contributed by atoms with Crippen molar-refractivity contribution in [3.63, 3.8) is 0 Å². The van der Waals surface area contributed by atoms with E-state index in [2.05, 4.69) is 0 Å². The second kappa shape index (κ2) is 5.54. The highest BCUT2D eigenvalue weighted by molar-refractivity contribution is 6.39. The van der Waals surface area contributed by atoms with E-state index >= 15 is 0 Å². The molecule has 106 valence electrons. The monoisotopic (exact) mass is 358 g/mol. The first-order chi connectivity index (χ1) is 9.97. The molecule has 0 radical (unpaired) electrons. The van der Waals surface area contributed by atoms with Crippen LogP contribution in [0.15, 0.2) is 45.6 Å². The highest BCUT2D eigenvalue weighted by Crippen LogP contribution is 2.36. The van der Waals surface area contributed by atoms with Crippen LogP contribution < -0.4 is 5.43 Å². The lowest BCUT2D eigenvalue weighted by Crippen LogP contribution is -2.01. The summed E-state index contributed by atoms with van der Waals surface area (Å²) in [6, 6.07) is 9.37. The van der Waals surface area contributed by atoms with Crippen molar-refractivity contribution in [2.45, 2.75) is 0 Å². The Morgan fingerprint density at radius 1 is 0.857 bits per heavy atom. The van der Waals surface area contributed by atoms with Gasteiger partial charge in [0.15, 0.2) is 11.0 Å². The van der Waals surface area contributed by atoms with Crippen LogP contribution in [0.1, 0.15) is 0 Å². The molecule has 0 spiro atoms. The van der Waals surface area contributed by atoms with Crippen molar-refractivity contribution >= 4 is 57.4 Å². The molecule has 0 fully saturated rings. The van der Waals surface area contributed by atoms with Crippen LogP contribution in [-0.2, 0) is 0 Å². The zero-order valence-corrected chi connectivity index (χ0v) is 13.3. The molecular weight excluding hydrogens is 354 g/mol. The van der Waals surface area contributed by atoms with Crippen LogP contribution in [0.5, 0.6) is 0 Å². The average molecular weight is 360 g/mol. The van der Waals surface area contributed by atoms with E-state index in [1.807, 2.05) is 0 Å². The minimum absolute atomic E-state index is 0.250. The van der Waals surface area contributed by atoms with Crippen molar-refractivity contribution in [3.05, 3.63) is 66.7 Å². The summed E-state index contributed by atoms with van der Waals surface area (Å²) >= 11 is 24.3. The van der Waals surface area contributed by atoms with Crippen LogP contribution in [0.2, 0.25) is 20.1 Å². The fourth-order valence-electron chi connectivity index (χ4n) is 2.04. The summed E-state index contributed by atoms with van der Waals surface area (Å²) in [4.78, 5) is 12.2. The predicted octanol–water partition coefficient (Wildman–Crippen LogP) is 6.07. The SMILES string of the molecule is O=c1cc(-c2c(Cl)cccc2Cl)oc2c(Cl)cc(Cl)cc12. The molecule has 1 aromatic heterocycles. The van der Waals surface area contributed by atoms with Gasteiger partial charge < -0.3 is 4.42 Å². The predicted molar refractivity (Wildman–Crippen MR) is 88.0 cm³/mol. The van der Waals surface area contributed by atoms with Crippen molar-refractivity contribution in [3.8, 4) is 11.3 Å². The molecule has 3 rings (SSSR count). The molecule has 0 unspecified atom stereocenters. The summed E-state index contributed by atoms with van der Waals surface area (Å²) < 4.78 is 5.72. The number of halogens is 4. The maximum atomic E-state index is 12.2. The van der Waals surface area contributed by atoms with E-state index < -0.39 is 0 Å². The first-order valence-corrected chi connectivity index (χ1v) is 7.36. The van der Waals surface area contributed by atoms with Crippen molar-refractivity contribution < 1.29 is 4.42 Å². The Hall–Kier alpha value is -1.19. The van der Waals surface area contributed by atoms with Gasteiger partial charge in [-0.2, -0.15) is 0 Å². The van der Waals surface area contributed by atoms with Crippen LogP contribution in [0.25, 0.3) is 22.3 Å². The summed E-state index contributed by atoms with van der Waals surface area (Å²) in [7, 11) is 0. The second-order valence-electron chi connectivity index (χ2n) is 4.34. The number of fused-ring (bicyclic) bond motifs is 1. The van der Waals surface area contributed by atoms with Crippen molar-refractivity contribution in [2.75, 3.05) is 0 Å². The van der Waals surface area contributed by atoms with Gasteiger partial charge in [-0.1, -0.05) is 52.5 Å². The molecule has 0 amide bonds. The van der Waals surface area contributed by atoms with E-state index in [4.69, 9.17) is 50.8 Å². The smallest absolute Gasteiger partial charge is 0.193 e. The van der Waals surface area contributed by atoms with Gasteiger partial charge >= 0.3 is 0 Å². The molecular formula is C15H6Cl4O2. The first-order valence-electron chi connectivity index (χ1n) is 5.84. The van der Waals surface area contributed by atoms with Crippen LogP contribution in [0.4, 0.5) is 0 Å². The molecule has 0 N–H and O–H groups in total. The maximum absolute atomic E-state index is 12.2. The summed E-state index contributed by atoms with van der Waals surface area (Å²) in [5.41, 5.74) is 0.428. The van der Waals surface area contributed by atoms with Gasteiger partial charge in [-0.25, -0.2) is 0 Å². The minimum atomic E-state index is -0.272. The van der Waals surface area contributed by atoms with Crippen LogP contribution >= 0.6 is 46.4 Å². The summed E-state index contributed by atoms with van der Waals surface area (Å²) in [6.45, 7) is 0. The van der Waals surface area contributed by atoms with E-state index in [-0.39, 0.29) is 21.8 Å². The van der Waals surface area contributed by atoms with Gasteiger partial charge in [0, 0.05) is 11.1 Å². The highest BCUT2D eigenvalue weighted by atomic mass is 35.5. The number of benzene rings is 2. The Morgan fingerprint density at radius 2 is 1.52 bits per heavy atom. The average Bonchev–Trinajstić information content (AvgIpc) is 2.40. The Morgan fingerprint density at radius 3 is 2.19 bits per heavy atom. The van der Waals surface area contributed by atoms with Crippen LogP contribution in [-0.4, -0.2) is 0 Å². The molecule has 0 aliphatic carbocycles. The largest absolute Gasteiger partial charge is 0.454 e. The third kappa shape index (κ3) is 2.65. The summed E-state index contributed by atoms with van der Waals surface area (Å²) in [5, 5.41) is 1.69. The van der Waals surface area contributed by atoms with Crippen molar-refractivity contribution in [1.82, 2.24) is 0 Å². The molecule has 2 nitrogen and oxygen atoms in total. The molecule has 21 heavy (non-hydrogen) atoms. The molecule has 0 atom stereocenters. The quantitative estimate of drug-likeness (QED) is 0.527. The van der Waals surface area contributed by atoms with Gasteiger partial charge in [-0.3, -0.25) is 4.79 Å². The summed E-state index contributed by atoms with van der Waals surface area (Å²) in [5.74, 6) is 0.257.